The van der Waals surface area contributed by atoms with Gasteiger partial charge in [0.1, 0.15) is 12.3 Å². The van der Waals surface area contributed by atoms with Crippen LogP contribution < -0.4 is 4.90 Å². The number of benzene rings is 2. The Morgan fingerprint density at radius 3 is 2.50 bits per heavy atom. The Morgan fingerprint density at radius 2 is 1.84 bits per heavy atom. The third-order valence-electron chi connectivity index (χ3n) is 4.66. The number of nitrogens with zero attached hydrogens (tertiary/aromatic N) is 2. The number of anilines is 1. The Labute approximate surface area is 192 Å². The molecule has 0 spiro atoms. The van der Waals surface area contributed by atoms with Gasteiger partial charge in [-0.25, -0.2) is 4.79 Å². The number of hydrogen-bond acceptors (Lipinski definition) is 6. The van der Waals surface area contributed by atoms with Crippen molar-refractivity contribution in [3.8, 4) is 5.75 Å². The molecule has 0 saturated carbocycles. The summed E-state index contributed by atoms with van der Waals surface area (Å²) in [6.07, 6.45) is 1.67. The number of rotatable bonds is 11. The zero-order valence-electron chi connectivity index (χ0n) is 18.1. The zero-order valence-corrected chi connectivity index (χ0v) is 18.8. The summed E-state index contributed by atoms with van der Waals surface area (Å²) >= 11 is 6.13. The molecule has 32 heavy (non-hydrogen) atoms. The van der Waals surface area contributed by atoms with Gasteiger partial charge in [0.15, 0.2) is 0 Å². The van der Waals surface area contributed by atoms with Crippen LogP contribution in [-0.4, -0.2) is 59.7 Å². The number of aromatic hydroxyl groups is 1. The van der Waals surface area contributed by atoms with E-state index in [0.717, 1.165) is 12.8 Å². The topological polar surface area (TPSA) is 107 Å². The highest BCUT2D eigenvalue weighted by Gasteiger charge is 2.20. The molecular weight excluding hydrogens is 436 g/mol. The number of unbranched alkanes of at least 4 members (excludes halogenated alkanes) is 1. The maximum atomic E-state index is 12.9. The van der Waals surface area contributed by atoms with Gasteiger partial charge in [0.25, 0.3) is 0 Å². The van der Waals surface area contributed by atoms with Crippen molar-refractivity contribution in [2.24, 2.45) is 0 Å². The maximum Gasteiger partial charge on any atom is 0.338 e. The first-order chi connectivity index (χ1) is 15.2. The minimum atomic E-state index is -1.15. The molecule has 0 aromatic heterocycles. The molecule has 0 saturated heterocycles. The first kappa shape index (κ1) is 25.0. The number of esters is 1. The minimum Gasteiger partial charge on any atom is -0.508 e. The summed E-state index contributed by atoms with van der Waals surface area (Å²) in [5.41, 5.74) is 1.47. The van der Waals surface area contributed by atoms with Gasteiger partial charge in [-0.1, -0.05) is 37.1 Å². The molecule has 0 atom stereocenters. The summed E-state index contributed by atoms with van der Waals surface area (Å²) in [6.45, 7) is 1.71. The van der Waals surface area contributed by atoms with Crippen LogP contribution >= 0.6 is 11.6 Å². The van der Waals surface area contributed by atoms with Gasteiger partial charge in [0.05, 0.1) is 29.4 Å². The Balaban J connectivity index is 2.12. The lowest BCUT2D eigenvalue weighted by molar-refractivity contribution is -0.144. The fraction of sp³-hybridized carbons (Fsp3) is 0.348. The fourth-order valence-corrected chi connectivity index (χ4v) is 3.32. The molecule has 0 radical (unpaired) electrons. The van der Waals surface area contributed by atoms with Gasteiger partial charge in [-0.3, -0.25) is 9.59 Å². The van der Waals surface area contributed by atoms with Crippen LogP contribution in [0.2, 0.25) is 5.02 Å². The molecule has 0 fully saturated rings. The van der Waals surface area contributed by atoms with Crippen LogP contribution in [0.3, 0.4) is 0 Å². The standard InChI is InChI=1S/C23H27ClN2O6/c1-3-4-10-32-23(31)17-7-5-6-16(11-17)13-26(15-22(29)30)21(28)14-25(2)20-9-8-18(27)12-19(20)24/h5-9,11-12,27H,3-4,10,13-15H2,1-2H3,(H,29,30). The second-order valence-corrected chi connectivity index (χ2v) is 7.73. The van der Waals surface area contributed by atoms with Gasteiger partial charge in [-0.2, -0.15) is 0 Å². The van der Waals surface area contributed by atoms with E-state index in [4.69, 9.17) is 16.3 Å². The molecule has 0 heterocycles. The Hall–Kier alpha value is -3.26. The second-order valence-electron chi connectivity index (χ2n) is 7.33. The molecule has 9 heteroatoms. The number of hydrogen-bond donors (Lipinski definition) is 2. The number of carbonyl (C=O) groups is 3. The zero-order chi connectivity index (χ0) is 23.7. The van der Waals surface area contributed by atoms with Crippen LogP contribution in [0.5, 0.6) is 5.75 Å². The lowest BCUT2D eigenvalue weighted by Gasteiger charge is -2.26. The number of carboxylic acids is 1. The smallest absolute Gasteiger partial charge is 0.338 e. The van der Waals surface area contributed by atoms with E-state index in [-0.39, 0.29) is 23.9 Å². The molecule has 2 aromatic carbocycles. The Kier molecular flexibility index (Phi) is 9.34. The molecule has 0 aliphatic carbocycles. The van der Waals surface area contributed by atoms with Gasteiger partial charge < -0.3 is 24.7 Å². The number of phenolic OH excluding ortho intramolecular Hbond substituents is 1. The number of carbonyl (C=O) groups excluding carboxylic acids is 2. The SMILES string of the molecule is CCCCOC(=O)c1cccc(CN(CC(=O)O)C(=O)CN(C)c2ccc(O)cc2Cl)c1. The van der Waals surface area contributed by atoms with Crippen LogP contribution in [0.15, 0.2) is 42.5 Å². The van der Waals surface area contributed by atoms with Crippen LogP contribution in [0.4, 0.5) is 5.69 Å². The molecule has 172 valence electrons. The lowest BCUT2D eigenvalue weighted by atomic mass is 10.1. The molecule has 1 amide bonds. The predicted octanol–water partition coefficient (Wildman–Crippen LogP) is 3.55. The van der Waals surface area contributed by atoms with Crippen LogP contribution in [0.25, 0.3) is 0 Å². The van der Waals surface area contributed by atoms with Crippen molar-refractivity contribution in [1.82, 2.24) is 4.90 Å². The first-order valence-electron chi connectivity index (χ1n) is 10.2. The van der Waals surface area contributed by atoms with Crippen molar-refractivity contribution >= 4 is 35.1 Å². The van der Waals surface area contributed by atoms with Crippen molar-refractivity contribution in [1.29, 1.82) is 0 Å². The summed E-state index contributed by atoms with van der Waals surface area (Å²) in [5.74, 6) is -2.05. The fourth-order valence-electron chi connectivity index (χ4n) is 3.00. The molecule has 2 aromatic rings. The van der Waals surface area contributed by atoms with E-state index in [9.17, 15) is 24.6 Å². The highest BCUT2D eigenvalue weighted by Crippen LogP contribution is 2.28. The van der Waals surface area contributed by atoms with E-state index < -0.39 is 24.4 Å². The van der Waals surface area contributed by atoms with E-state index in [1.807, 2.05) is 6.92 Å². The van der Waals surface area contributed by atoms with Crippen molar-refractivity contribution in [3.05, 3.63) is 58.6 Å². The highest BCUT2D eigenvalue weighted by atomic mass is 35.5. The monoisotopic (exact) mass is 462 g/mol. The first-order valence-corrected chi connectivity index (χ1v) is 10.5. The Morgan fingerprint density at radius 1 is 1.09 bits per heavy atom. The number of aliphatic carboxylic acids is 1. The van der Waals surface area contributed by atoms with Crippen LogP contribution in [0, 0.1) is 0 Å². The van der Waals surface area contributed by atoms with Crippen molar-refractivity contribution in [2.45, 2.75) is 26.3 Å². The number of amides is 1. The maximum absolute atomic E-state index is 12.9. The van der Waals surface area contributed by atoms with Crippen LogP contribution in [0.1, 0.15) is 35.7 Å². The summed E-state index contributed by atoms with van der Waals surface area (Å²) in [4.78, 5) is 39.2. The summed E-state index contributed by atoms with van der Waals surface area (Å²) in [6, 6.07) is 11.0. The summed E-state index contributed by atoms with van der Waals surface area (Å²) < 4.78 is 5.21. The van der Waals surface area contributed by atoms with Crippen LogP contribution in [-0.2, 0) is 20.9 Å². The van der Waals surface area contributed by atoms with Gasteiger partial charge in [-0.15, -0.1) is 0 Å². The molecule has 0 aliphatic heterocycles. The summed E-state index contributed by atoms with van der Waals surface area (Å²) in [5, 5.41) is 19.0. The van der Waals surface area contributed by atoms with E-state index in [2.05, 4.69) is 0 Å². The number of ether oxygens (including phenoxy) is 1. The van der Waals surface area contributed by atoms with E-state index in [1.54, 1.807) is 42.3 Å². The molecule has 2 rings (SSSR count). The summed E-state index contributed by atoms with van der Waals surface area (Å²) in [7, 11) is 1.64. The van der Waals surface area contributed by atoms with Gasteiger partial charge in [0.2, 0.25) is 5.91 Å². The molecule has 2 N–H and O–H groups in total. The highest BCUT2D eigenvalue weighted by molar-refractivity contribution is 6.33. The average Bonchev–Trinajstić information content (AvgIpc) is 2.73. The van der Waals surface area contributed by atoms with Gasteiger partial charge in [-0.05, 0) is 36.2 Å². The van der Waals surface area contributed by atoms with E-state index >= 15 is 0 Å². The van der Waals surface area contributed by atoms with Crippen molar-refractivity contribution < 1.29 is 29.3 Å². The normalized spacial score (nSPS) is 10.5. The number of likely N-dealkylation sites (N-methyl/N-ethyl adjacent to an activating group) is 1. The average molecular weight is 463 g/mol. The molecule has 8 nitrogen and oxygen atoms in total. The third-order valence-corrected chi connectivity index (χ3v) is 4.96. The van der Waals surface area contributed by atoms with E-state index in [1.165, 1.54) is 17.0 Å². The lowest BCUT2D eigenvalue weighted by Crippen LogP contribution is -2.41. The molecule has 0 bridgehead atoms. The number of carboxylic acid groups (broad SMARTS) is 1. The largest absolute Gasteiger partial charge is 0.508 e. The van der Waals surface area contributed by atoms with Gasteiger partial charge >= 0.3 is 11.9 Å². The predicted molar refractivity (Wildman–Crippen MR) is 121 cm³/mol. The number of halogens is 1. The van der Waals surface area contributed by atoms with Gasteiger partial charge in [0, 0.05) is 19.7 Å². The number of phenols is 1. The third kappa shape index (κ3) is 7.46. The molecular formula is C23H27ClN2O6. The van der Waals surface area contributed by atoms with Crippen molar-refractivity contribution in [2.75, 3.05) is 31.6 Å². The van der Waals surface area contributed by atoms with E-state index in [0.29, 0.717) is 23.4 Å². The molecule has 0 unspecified atom stereocenters. The van der Waals surface area contributed by atoms with Crippen molar-refractivity contribution in [3.63, 3.8) is 0 Å². The quantitative estimate of drug-likeness (QED) is 0.388. The minimum absolute atomic E-state index is 0.000849. The molecule has 0 aliphatic rings. The second kappa shape index (κ2) is 12.0. The Bertz CT molecular complexity index is 965.